The highest BCUT2D eigenvalue weighted by Crippen LogP contribution is 2.34. The van der Waals surface area contributed by atoms with Crippen LogP contribution in [0.1, 0.15) is 12.0 Å². The summed E-state index contributed by atoms with van der Waals surface area (Å²) in [6.45, 7) is 3.61. The van der Waals surface area contributed by atoms with Gasteiger partial charge in [0.2, 0.25) is 0 Å². The van der Waals surface area contributed by atoms with Gasteiger partial charge >= 0.3 is 0 Å². The van der Waals surface area contributed by atoms with Crippen molar-refractivity contribution in [3.63, 3.8) is 0 Å². The maximum absolute atomic E-state index is 14.9. The Kier molecular flexibility index (Phi) is 5.78. The standard InChI is InChI=1S/C26H16F6/c1-2-3-4-14-5-7-18(20(27)9-14)17-11-21(28)24(22(29)12-17)15-6-8-19-16(10-15)13-23(30)26(32)25(19)31/h2,5-13H,1,3-4H2. The molecule has 0 N–H and O–H groups in total. The van der Waals surface area contributed by atoms with Gasteiger partial charge in [-0.1, -0.05) is 30.3 Å². The average Bonchev–Trinajstić information content (AvgIpc) is 2.75. The molecule has 0 bridgehead atoms. The summed E-state index contributed by atoms with van der Waals surface area (Å²) in [6.07, 6.45) is 2.97. The quantitative estimate of drug-likeness (QED) is 0.166. The van der Waals surface area contributed by atoms with E-state index in [1.807, 2.05) is 0 Å². The first-order valence-corrected chi connectivity index (χ1v) is 9.76. The molecule has 0 saturated carbocycles. The Morgan fingerprint density at radius 3 is 2.03 bits per heavy atom. The molecule has 4 aromatic rings. The summed E-state index contributed by atoms with van der Waals surface area (Å²) in [5.74, 6) is -6.97. The summed E-state index contributed by atoms with van der Waals surface area (Å²) in [7, 11) is 0. The first-order valence-electron chi connectivity index (χ1n) is 9.76. The zero-order valence-corrected chi connectivity index (χ0v) is 16.7. The van der Waals surface area contributed by atoms with Gasteiger partial charge in [-0.15, -0.1) is 6.58 Å². The van der Waals surface area contributed by atoms with Crippen molar-refractivity contribution in [3.8, 4) is 22.3 Å². The summed E-state index contributed by atoms with van der Waals surface area (Å²) in [4.78, 5) is 0. The molecule has 0 radical (unpaired) electrons. The lowest BCUT2D eigenvalue weighted by Gasteiger charge is -2.11. The van der Waals surface area contributed by atoms with Crippen molar-refractivity contribution in [1.29, 1.82) is 0 Å². The second-order valence-corrected chi connectivity index (χ2v) is 7.38. The second kappa shape index (κ2) is 8.54. The largest absolute Gasteiger partial charge is 0.206 e. The lowest BCUT2D eigenvalue weighted by atomic mass is 9.96. The number of rotatable bonds is 5. The maximum atomic E-state index is 14.9. The minimum Gasteiger partial charge on any atom is -0.206 e. The first kappa shape index (κ1) is 21.7. The number of allylic oxidation sites excluding steroid dienone is 1. The molecule has 0 aromatic heterocycles. The fraction of sp³-hybridized carbons (Fsp3) is 0.0769. The number of halogens is 6. The van der Waals surface area contributed by atoms with Crippen molar-refractivity contribution in [2.45, 2.75) is 12.8 Å². The molecular formula is C26H16F6. The molecule has 0 saturated heterocycles. The fourth-order valence-corrected chi connectivity index (χ4v) is 3.68. The van der Waals surface area contributed by atoms with Crippen molar-refractivity contribution in [2.24, 2.45) is 0 Å². The maximum Gasteiger partial charge on any atom is 0.195 e. The van der Waals surface area contributed by atoms with E-state index in [2.05, 4.69) is 6.58 Å². The molecule has 4 rings (SSSR count). The van der Waals surface area contributed by atoms with Crippen LogP contribution in [-0.2, 0) is 6.42 Å². The molecule has 4 aromatic carbocycles. The normalized spacial score (nSPS) is 11.2. The molecular weight excluding hydrogens is 426 g/mol. The fourth-order valence-electron chi connectivity index (χ4n) is 3.68. The molecule has 0 atom stereocenters. The smallest absolute Gasteiger partial charge is 0.195 e. The minimum atomic E-state index is -1.62. The molecule has 0 aliphatic rings. The number of fused-ring (bicyclic) bond motifs is 1. The molecule has 162 valence electrons. The Labute approximate surface area is 180 Å². The molecule has 0 nitrogen and oxygen atoms in total. The van der Waals surface area contributed by atoms with Crippen molar-refractivity contribution in [2.75, 3.05) is 0 Å². The lowest BCUT2D eigenvalue weighted by Crippen LogP contribution is -1.96. The van der Waals surface area contributed by atoms with E-state index in [0.717, 1.165) is 35.9 Å². The van der Waals surface area contributed by atoms with Gasteiger partial charge in [0.25, 0.3) is 0 Å². The van der Waals surface area contributed by atoms with E-state index in [1.54, 1.807) is 12.1 Å². The van der Waals surface area contributed by atoms with Gasteiger partial charge in [0.15, 0.2) is 17.5 Å². The summed E-state index contributed by atoms with van der Waals surface area (Å²) in [6, 6.07) is 10.7. The number of hydrogen-bond donors (Lipinski definition) is 0. The van der Waals surface area contributed by atoms with Crippen molar-refractivity contribution >= 4 is 10.8 Å². The van der Waals surface area contributed by atoms with Crippen LogP contribution >= 0.6 is 0 Å². The molecule has 0 amide bonds. The van der Waals surface area contributed by atoms with E-state index >= 15 is 0 Å². The lowest BCUT2D eigenvalue weighted by molar-refractivity contribution is 0.453. The molecule has 0 heterocycles. The van der Waals surface area contributed by atoms with Gasteiger partial charge in [-0.2, -0.15) is 0 Å². The zero-order valence-electron chi connectivity index (χ0n) is 16.7. The van der Waals surface area contributed by atoms with Gasteiger partial charge in [0.1, 0.15) is 17.5 Å². The summed E-state index contributed by atoms with van der Waals surface area (Å²) in [5.41, 5.74) is 0.343. The molecule has 0 aliphatic carbocycles. The van der Waals surface area contributed by atoms with E-state index in [-0.39, 0.29) is 27.5 Å². The Bertz CT molecular complexity index is 1330. The summed E-state index contributed by atoms with van der Waals surface area (Å²) < 4.78 is 85.3. The van der Waals surface area contributed by atoms with Crippen LogP contribution in [0.25, 0.3) is 33.0 Å². The van der Waals surface area contributed by atoms with E-state index in [4.69, 9.17) is 0 Å². The van der Waals surface area contributed by atoms with Crippen LogP contribution in [0.4, 0.5) is 26.3 Å². The van der Waals surface area contributed by atoms with Gasteiger partial charge in [0, 0.05) is 10.9 Å². The van der Waals surface area contributed by atoms with Gasteiger partial charge in [-0.3, -0.25) is 0 Å². The highest BCUT2D eigenvalue weighted by Gasteiger charge is 2.19. The molecule has 0 fully saturated rings. The summed E-state index contributed by atoms with van der Waals surface area (Å²) in [5, 5.41) is -0.272. The molecule has 0 unspecified atom stereocenters. The van der Waals surface area contributed by atoms with Crippen molar-refractivity contribution in [1.82, 2.24) is 0 Å². The Morgan fingerprint density at radius 2 is 1.38 bits per heavy atom. The van der Waals surface area contributed by atoms with Crippen LogP contribution in [0.2, 0.25) is 0 Å². The van der Waals surface area contributed by atoms with Crippen LogP contribution in [0.15, 0.2) is 67.3 Å². The SMILES string of the molecule is C=CCCc1ccc(-c2cc(F)c(-c3ccc4c(F)c(F)c(F)cc4c3)c(F)c2)c(F)c1. The number of aryl methyl sites for hydroxylation is 1. The third kappa shape index (κ3) is 3.88. The van der Waals surface area contributed by atoms with Gasteiger partial charge in [0.05, 0.1) is 5.56 Å². The van der Waals surface area contributed by atoms with Crippen molar-refractivity contribution < 1.29 is 26.3 Å². The zero-order chi connectivity index (χ0) is 23.0. The second-order valence-electron chi connectivity index (χ2n) is 7.38. The van der Waals surface area contributed by atoms with E-state index in [1.165, 1.54) is 18.2 Å². The molecule has 6 heteroatoms. The predicted molar refractivity (Wildman–Crippen MR) is 113 cm³/mol. The van der Waals surface area contributed by atoms with Crippen molar-refractivity contribution in [3.05, 3.63) is 108 Å². The van der Waals surface area contributed by atoms with Crippen LogP contribution in [0.5, 0.6) is 0 Å². The highest BCUT2D eigenvalue weighted by atomic mass is 19.2. The van der Waals surface area contributed by atoms with Gasteiger partial charge < -0.3 is 0 Å². The Hall–Kier alpha value is -3.54. The Morgan fingerprint density at radius 1 is 0.656 bits per heavy atom. The average molecular weight is 442 g/mol. The molecule has 0 aliphatic heterocycles. The van der Waals surface area contributed by atoms with E-state index in [0.29, 0.717) is 12.8 Å². The molecule has 32 heavy (non-hydrogen) atoms. The predicted octanol–water partition coefficient (Wildman–Crippen LogP) is 8.13. The Balaban J connectivity index is 1.77. The van der Waals surface area contributed by atoms with Crippen LogP contribution in [0, 0.1) is 34.9 Å². The first-order chi connectivity index (χ1) is 15.3. The third-order valence-electron chi connectivity index (χ3n) is 5.29. The van der Waals surface area contributed by atoms with Gasteiger partial charge in [-0.25, -0.2) is 26.3 Å². The van der Waals surface area contributed by atoms with Crippen LogP contribution < -0.4 is 0 Å². The van der Waals surface area contributed by atoms with E-state index < -0.39 is 40.5 Å². The van der Waals surface area contributed by atoms with Crippen LogP contribution in [0.3, 0.4) is 0 Å². The topological polar surface area (TPSA) is 0 Å². The molecule has 0 spiro atoms. The summed E-state index contributed by atoms with van der Waals surface area (Å²) >= 11 is 0. The number of hydrogen-bond acceptors (Lipinski definition) is 0. The third-order valence-corrected chi connectivity index (χ3v) is 5.29. The van der Waals surface area contributed by atoms with Crippen LogP contribution in [-0.4, -0.2) is 0 Å². The minimum absolute atomic E-state index is 0.00435. The number of benzene rings is 4. The highest BCUT2D eigenvalue weighted by molar-refractivity contribution is 5.88. The van der Waals surface area contributed by atoms with E-state index in [9.17, 15) is 26.3 Å². The van der Waals surface area contributed by atoms with Gasteiger partial charge in [-0.05, 0) is 65.3 Å². The monoisotopic (exact) mass is 442 g/mol.